The van der Waals surface area contributed by atoms with Gasteiger partial charge in [0.1, 0.15) is 6.61 Å². The van der Waals surface area contributed by atoms with E-state index in [-0.39, 0.29) is 36.2 Å². The fourth-order valence-electron chi connectivity index (χ4n) is 5.08. The molecule has 0 aromatic rings. The molecule has 1 N–H and O–H groups in total. The Kier molecular flexibility index (Phi) is 27.3. The van der Waals surface area contributed by atoms with Crippen molar-refractivity contribution in [3.8, 4) is 0 Å². The number of hydrogen-bond acceptors (Lipinski definition) is 6. The number of carbonyl (C=O) groups excluding carboxylic acids is 2. The summed E-state index contributed by atoms with van der Waals surface area (Å²) in [6, 6.07) is -0.609. The van der Waals surface area contributed by atoms with Gasteiger partial charge in [0, 0.05) is 19.3 Å². The van der Waals surface area contributed by atoms with Crippen molar-refractivity contribution in [3.05, 3.63) is 12.2 Å². The van der Waals surface area contributed by atoms with E-state index < -0.39 is 18.1 Å². The fraction of sp³-hybridized carbons (Fsp3) is 0.861. The highest BCUT2D eigenvalue weighted by atomic mass is 16.6. The maximum atomic E-state index is 12.6. The van der Waals surface area contributed by atoms with Crippen molar-refractivity contribution in [2.24, 2.45) is 0 Å². The van der Waals surface area contributed by atoms with E-state index in [1.165, 1.54) is 51.4 Å². The fourth-order valence-corrected chi connectivity index (χ4v) is 5.08. The number of aliphatic carboxylic acids is 1. The van der Waals surface area contributed by atoms with Crippen LogP contribution < -0.4 is 0 Å². The highest BCUT2D eigenvalue weighted by Crippen LogP contribution is 2.13. The van der Waals surface area contributed by atoms with Crippen LogP contribution in [0.15, 0.2) is 12.2 Å². The van der Waals surface area contributed by atoms with Gasteiger partial charge in [-0.1, -0.05) is 103 Å². The predicted octanol–water partition coefficient (Wildman–Crippen LogP) is 8.41. The average Bonchev–Trinajstić information content (AvgIpc) is 2.96. The molecule has 0 rings (SSSR count). The first-order valence-corrected chi connectivity index (χ1v) is 17.7. The van der Waals surface area contributed by atoms with E-state index in [9.17, 15) is 19.5 Å². The molecular formula is C36H68NO7+. The molecule has 0 bridgehead atoms. The SMILES string of the molecule is CCCCCCCC/C=C\CCCCCCCC(=O)OC(COCCC(C(=O)O)[N+](C)(C)C)COC(=O)CCCCCCC. The predicted molar refractivity (Wildman–Crippen MR) is 179 cm³/mol. The van der Waals surface area contributed by atoms with Gasteiger partial charge in [0.25, 0.3) is 0 Å². The van der Waals surface area contributed by atoms with Crippen molar-refractivity contribution in [1.29, 1.82) is 0 Å². The maximum absolute atomic E-state index is 12.6. The van der Waals surface area contributed by atoms with Crippen LogP contribution >= 0.6 is 0 Å². The van der Waals surface area contributed by atoms with Crippen LogP contribution in [0.1, 0.15) is 149 Å². The van der Waals surface area contributed by atoms with Crippen LogP contribution in [0, 0.1) is 0 Å². The summed E-state index contributed by atoms with van der Waals surface area (Å²) in [5.41, 5.74) is 0. The molecule has 258 valence electrons. The lowest BCUT2D eigenvalue weighted by molar-refractivity contribution is -0.887. The molecule has 0 aliphatic heterocycles. The van der Waals surface area contributed by atoms with Crippen molar-refractivity contribution in [2.75, 3.05) is 41.0 Å². The smallest absolute Gasteiger partial charge is 0.362 e. The van der Waals surface area contributed by atoms with Crippen LogP contribution in [0.3, 0.4) is 0 Å². The van der Waals surface area contributed by atoms with Crippen LogP contribution in [0.4, 0.5) is 0 Å². The molecule has 2 unspecified atom stereocenters. The molecule has 8 heteroatoms. The number of nitrogens with zero attached hydrogens (tertiary/aromatic N) is 1. The van der Waals surface area contributed by atoms with Crippen LogP contribution in [0.2, 0.25) is 0 Å². The van der Waals surface area contributed by atoms with Crippen molar-refractivity contribution >= 4 is 17.9 Å². The van der Waals surface area contributed by atoms with Crippen molar-refractivity contribution in [2.45, 2.75) is 161 Å². The summed E-state index contributed by atoms with van der Waals surface area (Å²) in [7, 11) is 5.50. The van der Waals surface area contributed by atoms with Crippen molar-refractivity contribution in [3.63, 3.8) is 0 Å². The summed E-state index contributed by atoms with van der Waals surface area (Å²) in [4.78, 5) is 36.4. The molecule has 0 heterocycles. The van der Waals surface area contributed by atoms with Gasteiger partial charge in [-0.2, -0.15) is 0 Å². The van der Waals surface area contributed by atoms with E-state index in [2.05, 4.69) is 26.0 Å². The summed E-state index contributed by atoms with van der Waals surface area (Å²) < 4.78 is 17.0. The highest BCUT2D eigenvalue weighted by molar-refractivity contribution is 5.72. The Morgan fingerprint density at radius 1 is 0.659 bits per heavy atom. The van der Waals surface area contributed by atoms with Gasteiger partial charge in [-0.25, -0.2) is 4.79 Å². The monoisotopic (exact) mass is 626 g/mol. The minimum absolute atomic E-state index is 0.0520. The average molecular weight is 627 g/mol. The van der Waals surface area contributed by atoms with E-state index >= 15 is 0 Å². The molecule has 0 aromatic heterocycles. The lowest BCUT2D eigenvalue weighted by atomic mass is 10.1. The quantitative estimate of drug-likeness (QED) is 0.0357. The molecule has 0 aliphatic rings. The number of unbranched alkanes of at least 4 members (excludes halogenated alkanes) is 15. The van der Waals surface area contributed by atoms with Gasteiger partial charge in [0.15, 0.2) is 12.1 Å². The van der Waals surface area contributed by atoms with Gasteiger partial charge in [0.2, 0.25) is 0 Å². The van der Waals surface area contributed by atoms with Crippen molar-refractivity contribution < 1.29 is 38.2 Å². The molecule has 8 nitrogen and oxygen atoms in total. The normalized spacial score (nSPS) is 13.2. The molecule has 0 saturated carbocycles. The molecular weight excluding hydrogens is 558 g/mol. The third kappa shape index (κ3) is 26.5. The highest BCUT2D eigenvalue weighted by Gasteiger charge is 2.31. The standard InChI is InChI=1S/C36H67NO7/c1-6-8-10-12-13-14-15-16-17-18-19-20-21-23-25-27-35(39)44-32(31-43-34(38)26-24-22-11-9-7-2)30-42-29-28-33(36(40)41)37(3,4)5/h16-17,32-33H,6-15,18-31H2,1-5H3/p+1/b17-16-. The summed E-state index contributed by atoms with van der Waals surface area (Å²) >= 11 is 0. The molecule has 0 radical (unpaired) electrons. The number of quaternary nitrogens is 1. The summed E-state index contributed by atoms with van der Waals surface area (Å²) in [5, 5.41) is 9.53. The summed E-state index contributed by atoms with van der Waals surface area (Å²) in [6.07, 6.45) is 25.7. The number of likely N-dealkylation sites (N-methyl/N-ethyl adjacent to an activating group) is 1. The number of carboxylic acids is 1. The molecule has 0 saturated heterocycles. The first-order chi connectivity index (χ1) is 21.1. The van der Waals surface area contributed by atoms with E-state index in [0.29, 0.717) is 19.3 Å². The third-order valence-corrected chi connectivity index (χ3v) is 7.91. The first-order valence-electron chi connectivity index (χ1n) is 17.7. The minimum Gasteiger partial charge on any atom is -0.477 e. The Hall–Kier alpha value is -1.93. The zero-order valence-corrected chi connectivity index (χ0v) is 29.1. The van der Waals surface area contributed by atoms with Crippen LogP contribution in [-0.2, 0) is 28.6 Å². The summed E-state index contributed by atoms with van der Waals surface area (Å²) in [5.74, 6) is -1.49. The van der Waals surface area contributed by atoms with Gasteiger partial charge in [-0.05, 0) is 38.5 Å². The van der Waals surface area contributed by atoms with Gasteiger partial charge < -0.3 is 23.8 Å². The Morgan fingerprint density at radius 2 is 1.14 bits per heavy atom. The second-order valence-electron chi connectivity index (χ2n) is 13.1. The lowest BCUT2D eigenvalue weighted by Crippen LogP contribution is -2.50. The van der Waals surface area contributed by atoms with Crippen molar-refractivity contribution in [1.82, 2.24) is 0 Å². The van der Waals surface area contributed by atoms with Gasteiger partial charge in [-0.3, -0.25) is 9.59 Å². The Morgan fingerprint density at radius 3 is 1.64 bits per heavy atom. The third-order valence-electron chi connectivity index (χ3n) is 7.91. The summed E-state index contributed by atoms with van der Waals surface area (Å²) in [6.45, 7) is 4.62. The van der Waals surface area contributed by atoms with Crippen LogP contribution in [0.5, 0.6) is 0 Å². The number of carboxylic acid groups (broad SMARTS) is 1. The van der Waals surface area contributed by atoms with Crippen LogP contribution in [0.25, 0.3) is 0 Å². The number of hydrogen-bond donors (Lipinski definition) is 1. The lowest BCUT2D eigenvalue weighted by Gasteiger charge is -2.31. The molecule has 0 aliphatic carbocycles. The zero-order valence-electron chi connectivity index (χ0n) is 29.1. The van der Waals surface area contributed by atoms with E-state index in [0.717, 1.165) is 64.2 Å². The number of carbonyl (C=O) groups is 3. The molecule has 2 atom stereocenters. The first kappa shape index (κ1) is 42.1. The Balaban J connectivity index is 4.35. The second kappa shape index (κ2) is 28.5. The topological polar surface area (TPSA) is 99.1 Å². The van der Waals surface area contributed by atoms with Gasteiger partial charge >= 0.3 is 17.9 Å². The maximum Gasteiger partial charge on any atom is 0.362 e. The second-order valence-corrected chi connectivity index (χ2v) is 13.1. The zero-order chi connectivity index (χ0) is 32.9. The Bertz CT molecular complexity index is 747. The van der Waals surface area contributed by atoms with E-state index in [4.69, 9.17) is 14.2 Å². The molecule has 0 aromatic carbocycles. The number of esters is 2. The van der Waals surface area contributed by atoms with Gasteiger partial charge in [-0.15, -0.1) is 0 Å². The molecule has 44 heavy (non-hydrogen) atoms. The van der Waals surface area contributed by atoms with Gasteiger partial charge in [0.05, 0.1) is 34.4 Å². The molecule has 0 amide bonds. The van der Waals surface area contributed by atoms with E-state index in [1.54, 1.807) is 0 Å². The van der Waals surface area contributed by atoms with Crippen LogP contribution in [-0.4, -0.2) is 80.6 Å². The van der Waals surface area contributed by atoms with E-state index in [1.807, 2.05) is 21.1 Å². The minimum atomic E-state index is -0.878. The molecule has 0 spiro atoms. The largest absolute Gasteiger partial charge is 0.477 e. The Labute approximate surface area is 269 Å². The molecule has 0 fully saturated rings. The number of rotatable bonds is 31. The number of allylic oxidation sites excluding steroid dienone is 2. The number of ether oxygens (including phenoxy) is 3.